The SMILES string of the molecule is CNc1ccc(Cl)c(C(=O)N2CCOC3CCCC32)n1. The van der Waals surface area contributed by atoms with Gasteiger partial charge in [0.2, 0.25) is 0 Å². The number of carbonyl (C=O) groups excluding carboxylic acids is 1. The highest BCUT2D eigenvalue weighted by molar-refractivity contribution is 6.33. The Kier molecular flexibility index (Phi) is 3.81. The molecule has 2 fully saturated rings. The molecule has 2 unspecified atom stereocenters. The van der Waals surface area contributed by atoms with Gasteiger partial charge in [-0.05, 0) is 31.4 Å². The maximum atomic E-state index is 12.7. The molecule has 1 aromatic heterocycles. The average molecular weight is 296 g/mol. The van der Waals surface area contributed by atoms with Gasteiger partial charge in [-0.2, -0.15) is 0 Å². The molecular formula is C14H18ClN3O2. The van der Waals surface area contributed by atoms with Crippen LogP contribution in [0.4, 0.5) is 5.82 Å². The quantitative estimate of drug-likeness (QED) is 0.908. The molecule has 2 atom stereocenters. The lowest BCUT2D eigenvalue weighted by Crippen LogP contribution is -2.51. The Morgan fingerprint density at radius 1 is 1.50 bits per heavy atom. The molecule has 1 aromatic rings. The monoisotopic (exact) mass is 295 g/mol. The first-order valence-electron chi connectivity index (χ1n) is 6.97. The number of nitrogens with one attached hydrogen (secondary N) is 1. The van der Waals surface area contributed by atoms with Gasteiger partial charge in [0.25, 0.3) is 5.91 Å². The summed E-state index contributed by atoms with van der Waals surface area (Å²) in [5.74, 6) is 0.557. The molecular weight excluding hydrogens is 278 g/mol. The summed E-state index contributed by atoms with van der Waals surface area (Å²) < 4.78 is 5.73. The van der Waals surface area contributed by atoms with E-state index in [1.165, 1.54) is 0 Å². The summed E-state index contributed by atoms with van der Waals surface area (Å²) in [6.45, 7) is 1.21. The predicted octanol–water partition coefficient (Wildman–Crippen LogP) is 2.17. The molecule has 1 N–H and O–H groups in total. The van der Waals surface area contributed by atoms with E-state index in [4.69, 9.17) is 16.3 Å². The van der Waals surface area contributed by atoms with Crippen LogP contribution in [0.15, 0.2) is 12.1 Å². The van der Waals surface area contributed by atoms with Gasteiger partial charge in [-0.1, -0.05) is 11.6 Å². The number of hydrogen-bond acceptors (Lipinski definition) is 4. The Bertz CT molecular complexity index is 523. The smallest absolute Gasteiger partial charge is 0.274 e. The molecule has 0 bridgehead atoms. The minimum absolute atomic E-state index is 0.0905. The van der Waals surface area contributed by atoms with Crippen LogP contribution in [-0.2, 0) is 4.74 Å². The van der Waals surface area contributed by atoms with Crippen molar-refractivity contribution in [2.75, 3.05) is 25.5 Å². The first kappa shape index (κ1) is 13.6. The van der Waals surface area contributed by atoms with Crippen molar-refractivity contribution in [2.24, 2.45) is 0 Å². The van der Waals surface area contributed by atoms with Crippen molar-refractivity contribution in [3.05, 3.63) is 22.8 Å². The van der Waals surface area contributed by atoms with Crippen LogP contribution in [0, 0.1) is 0 Å². The maximum absolute atomic E-state index is 12.7. The van der Waals surface area contributed by atoms with Gasteiger partial charge in [-0.15, -0.1) is 0 Å². The number of morpholine rings is 1. The number of rotatable bonds is 2. The largest absolute Gasteiger partial charge is 0.374 e. The molecule has 20 heavy (non-hydrogen) atoms. The minimum Gasteiger partial charge on any atom is -0.374 e. The van der Waals surface area contributed by atoms with Crippen molar-refractivity contribution < 1.29 is 9.53 Å². The van der Waals surface area contributed by atoms with Gasteiger partial charge in [-0.25, -0.2) is 4.98 Å². The molecule has 0 radical (unpaired) electrons. The van der Waals surface area contributed by atoms with E-state index in [1.54, 1.807) is 19.2 Å². The van der Waals surface area contributed by atoms with Gasteiger partial charge in [-0.3, -0.25) is 4.79 Å². The van der Waals surface area contributed by atoms with E-state index in [9.17, 15) is 4.79 Å². The molecule has 1 aliphatic carbocycles. The Labute approximate surface area is 123 Å². The van der Waals surface area contributed by atoms with Crippen molar-refractivity contribution in [3.8, 4) is 0 Å². The van der Waals surface area contributed by atoms with E-state index in [1.807, 2.05) is 4.90 Å². The van der Waals surface area contributed by atoms with Crippen molar-refractivity contribution in [1.82, 2.24) is 9.88 Å². The van der Waals surface area contributed by atoms with Crippen LogP contribution in [0.1, 0.15) is 29.8 Å². The van der Waals surface area contributed by atoms with Crippen molar-refractivity contribution >= 4 is 23.3 Å². The summed E-state index contributed by atoms with van der Waals surface area (Å²) in [4.78, 5) is 18.9. The lowest BCUT2D eigenvalue weighted by molar-refractivity contribution is -0.0447. The normalized spacial score (nSPS) is 25.4. The number of carbonyl (C=O) groups is 1. The summed E-state index contributed by atoms with van der Waals surface area (Å²) >= 11 is 6.14. The highest BCUT2D eigenvalue weighted by Gasteiger charge is 2.39. The van der Waals surface area contributed by atoms with Crippen molar-refractivity contribution in [3.63, 3.8) is 0 Å². The second-order valence-corrected chi connectivity index (χ2v) is 5.59. The molecule has 6 heteroatoms. The molecule has 2 aliphatic rings. The van der Waals surface area contributed by atoms with Crippen molar-refractivity contribution in [1.29, 1.82) is 0 Å². The zero-order valence-corrected chi connectivity index (χ0v) is 12.2. The van der Waals surface area contributed by atoms with Gasteiger partial charge < -0.3 is 15.0 Å². The Balaban J connectivity index is 1.88. The predicted molar refractivity (Wildman–Crippen MR) is 77.2 cm³/mol. The summed E-state index contributed by atoms with van der Waals surface area (Å²) in [6, 6.07) is 3.64. The van der Waals surface area contributed by atoms with Crippen LogP contribution in [0.25, 0.3) is 0 Å². The van der Waals surface area contributed by atoms with Crippen LogP contribution in [0.2, 0.25) is 5.02 Å². The summed E-state index contributed by atoms with van der Waals surface area (Å²) in [6.07, 6.45) is 3.32. The number of aromatic nitrogens is 1. The average Bonchev–Trinajstić information content (AvgIpc) is 2.95. The molecule has 2 heterocycles. The molecule has 1 amide bonds. The summed E-state index contributed by atoms with van der Waals surface area (Å²) in [7, 11) is 1.77. The number of nitrogens with zero attached hydrogens (tertiary/aromatic N) is 2. The lowest BCUT2D eigenvalue weighted by atomic mass is 10.1. The zero-order chi connectivity index (χ0) is 14.1. The Morgan fingerprint density at radius 2 is 2.35 bits per heavy atom. The standard InChI is InChI=1S/C14H18ClN3O2/c1-16-12-6-5-9(15)13(17-12)14(19)18-7-8-20-11-4-2-3-10(11)18/h5-6,10-11H,2-4,7-8H2,1H3,(H,16,17). The highest BCUT2D eigenvalue weighted by atomic mass is 35.5. The Hall–Kier alpha value is -1.33. The third-order valence-electron chi connectivity index (χ3n) is 4.05. The second kappa shape index (κ2) is 5.58. The lowest BCUT2D eigenvalue weighted by Gasteiger charge is -2.37. The molecule has 0 aromatic carbocycles. The second-order valence-electron chi connectivity index (χ2n) is 5.18. The zero-order valence-electron chi connectivity index (χ0n) is 11.4. The van der Waals surface area contributed by atoms with E-state index >= 15 is 0 Å². The number of pyridine rings is 1. The van der Waals surface area contributed by atoms with Crippen molar-refractivity contribution in [2.45, 2.75) is 31.4 Å². The van der Waals surface area contributed by atoms with Gasteiger partial charge >= 0.3 is 0 Å². The number of ether oxygens (including phenoxy) is 1. The first-order valence-corrected chi connectivity index (χ1v) is 7.35. The third-order valence-corrected chi connectivity index (χ3v) is 4.35. The molecule has 1 aliphatic heterocycles. The van der Waals surface area contributed by atoms with Gasteiger partial charge in [0.15, 0.2) is 0 Å². The van der Waals surface area contributed by atoms with E-state index < -0.39 is 0 Å². The summed E-state index contributed by atoms with van der Waals surface area (Å²) in [5, 5.41) is 3.33. The third kappa shape index (κ3) is 2.36. The van der Waals surface area contributed by atoms with E-state index in [2.05, 4.69) is 10.3 Å². The fourth-order valence-corrected chi connectivity index (χ4v) is 3.23. The summed E-state index contributed by atoms with van der Waals surface area (Å²) in [5.41, 5.74) is 0.325. The van der Waals surface area contributed by atoms with E-state index in [0.29, 0.717) is 29.7 Å². The number of hydrogen-bond donors (Lipinski definition) is 1. The Morgan fingerprint density at radius 3 is 3.15 bits per heavy atom. The molecule has 1 saturated heterocycles. The molecule has 108 valence electrons. The van der Waals surface area contributed by atoms with E-state index in [-0.39, 0.29) is 18.1 Å². The molecule has 0 spiro atoms. The van der Waals surface area contributed by atoms with Crippen LogP contribution in [0.5, 0.6) is 0 Å². The highest BCUT2D eigenvalue weighted by Crippen LogP contribution is 2.31. The van der Waals surface area contributed by atoms with Crippen LogP contribution in [0.3, 0.4) is 0 Å². The minimum atomic E-state index is -0.0905. The number of fused-ring (bicyclic) bond motifs is 1. The maximum Gasteiger partial charge on any atom is 0.274 e. The molecule has 3 rings (SSSR count). The number of amides is 1. The van der Waals surface area contributed by atoms with Gasteiger partial charge in [0, 0.05) is 13.6 Å². The topological polar surface area (TPSA) is 54.5 Å². The van der Waals surface area contributed by atoms with Crippen LogP contribution < -0.4 is 5.32 Å². The first-order chi connectivity index (χ1) is 9.70. The van der Waals surface area contributed by atoms with E-state index in [0.717, 1.165) is 19.3 Å². The fraction of sp³-hybridized carbons (Fsp3) is 0.571. The number of anilines is 1. The fourth-order valence-electron chi connectivity index (χ4n) is 3.05. The molecule has 5 nitrogen and oxygen atoms in total. The number of halogens is 1. The molecule has 1 saturated carbocycles. The van der Waals surface area contributed by atoms with Crippen LogP contribution >= 0.6 is 11.6 Å². The van der Waals surface area contributed by atoms with Crippen LogP contribution in [-0.4, -0.2) is 48.1 Å². The van der Waals surface area contributed by atoms with Gasteiger partial charge in [0.1, 0.15) is 11.5 Å². The van der Waals surface area contributed by atoms with Gasteiger partial charge in [0.05, 0.1) is 23.8 Å².